The van der Waals surface area contributed by atoms with Crippen LogP contribution in [0, 0.1) is 5.92 Å². The third-order valence-electron chi connectivity index (χ3n) is 4.97. The van der Waals surface area contributed by atoms with Crippen molar-refractivity contribution < 1.29 is 14.3 Å². The largest absolute Gasteiger partial charge is 0.455 e. The standard InChI is InChI=1S/C25H31N3O3S/c1-18(2)15-28-22-12-8-7-11-21(22)27-25(28)32-17-24(30)31-16-23(29)26-19(3)13-14-20-9-5-4-6-10-20/h4-12,18-19H,13-17H2,1-3H3,(H,26,29). The second-order valence-corrected chi connectivity index (χ2v) is 9.27. The predicted molar refractivity (Wildman–Crippen MR) is 129 cm³/mol. The summed E-state index contributed by atoms with van der Waals surface area (Å²) >= 11 is 1.34. The van der Waals surface area contributed by atoms with Gasteiger partial charge >= 0.3 is 5.97 Å². The second-order valence-electron chi connectivity index (χ2n) is 8.33. The van der Waals surface area contributed by atoms with Crippen molar-refractivity contribution >= 4 is 34.7 Å². The Morgan fingerprint density at radius 1 is 1.06 bits per heavy atom. The summed E-state index contributed by atoms with van der Waals surface area (Å²) in [6.07, 6.45) is 1.71. The van der Waals surface area contributed by atoms with E-state index in [2.05, 4.69) is 40.8 Å². The molecular formula is C25H31N3O3S. The molecule has 7 heteroatoms. The van der Waals surface area contributed by atoms with Crippen molar-refractivity contribution in [3.8, 4) is 0 Å². The summed E-state index contributed by atoms with van der Waals surface area (Å²) in [6, 6.07) is 18.1. The van der Waals surface area contributed by atoms with Crippen LogP contribution in [0.3, 0.4) is 0 Å². The molecule has 2 aromatic carbocycles. The molecule has 6 nitrogen and oxygen atoms in total. The minimum Gasteiger partial charge on any atom is -0.455 e. The van der Waals surface area contributed by atoms with Crippen LogP contribution >= 0.6 is 11.8 Å². The van der Waals surface area contributed by atoms with Gasteiger partial charge in [-0.15, -0.1) is 0 Å². The van der Waals surface area contributed by atoms with E-state index in [9.17, 15) is 9.59 Å². The highest BCUT2D eigenvalue weighted by molar-refractivity contribution is 7.99. The van der Waals surface area contributed by atoms with E-state index in [0.717, 1.165) is 35.6 Å². The number of esters is 1. The Balaban J connectivity index is 1.43. The number of thioether (sulfide) groups is 1. The average Bonchev–Trinajstić information content (AvgIpc) is 3.12. The number of nitrogens with one attached hydrogen (secondary N) is 1. The zero-order valence-electron chi connectivity index (χ0n) is 18.9. The van der Waals surface area contributed by atoms with E-state index in [-0.39, 0.29) is 24.3 Å². The van der Waals surface area contributed by atoms with E-state index in [4.69, 9.17) is 4.74 Å². The van der Waals surface area contributed by atoms with Gasteiger partial charge in [0.1, 0.15) is 0 Å². The highest BCUT2D eigenvalue weighted by Gasteiger charge is 2.15. The van der Waals surface area contributed by atoms with E-state index in [1.165, 1.54) is 17.3 Å². The molecule has 0 spiro atoms. The van der Waals surface area contributed by atoms with E-state index in [1.807, 2.05) is 49.4 Å². The number of aryl methyl sites for hydroxylation is 1. The summed E-state index contributed by atoms with van der Waals surface area (Å²) in [5.41, 5.74) is 3.20. The Morgan fingerprint density at radius 2 is 1.78 bits per heavy atom. The van der Waals surface area contributed by atoms with Gasteiger partial charge in [-0.25, -0.2) is 4.98 Å². The SMILES string of the molecule is CC(C)Cn1c(SCC(=O)OCC(=O)NC(C)CCc2ccccc2)nc2ccccc21. The predicted octanol–water partition coefficient (Wildman–Crippen LogP) is 4.47. The van der Waals surface area contributed by atoms with Gasteiger partial charge in [-0.1, -0.05) is 68.1 Å². The summed E-state index contributed by atoms with van der Waals surface area (Å²) in [4.78, 5) is 29.0. The van der Waals surface area contributed by atoms with Gasteiger partial charge in [-0.2, -0.15) is 0 Å². The van der Waals surface area contributed by atoms with Crippen molar-refractivity contribution in [1.29, 1.82) is 0 Å². The van der Waals surface area contributed by atoms with Crippen molar-refractivity contribution in [3.05, 3.63) is 60.2 Å². The fourth-order valence-corrected chi connectivity index (χ4v) is 4.25. The molecule has 1 N–H and O–H groups in total. The fraction of sp³-hybridized carbons (Fsp3) is 0.400. The van der Waals surface area contributed by atoms with E-state index in [1.54, 1.807) is 0 Å². The summed E-state index contributed by atoms with van der Waals surface area (Å²) in [7, 11) is 0. The highest BCUT2D eigenvalue weighted by Crippen LogP contribution is 2.25. The average molecular weight is 454 g/mol. The normalized spacial score (nSPS) is 12.1. The Morgan fingerprint density at radius 3 is 2.53 bits per heavy atom. The molecule has 0 fully saturated rings. The lowest BCUT2D eigenvalue weighted by molar-refractivity contribution is -0.146. The van der Waals surface area contributed by atoms with Crippen LogP contribution in [0.15, 0.2) is 59.8 Å². The van der Waals surface area contributed by atoms with Gasteiger partial charge in [0.2, 0.25) is 0 Å². The molecule has 0 radical (unpaired) electrons. The molecule has 0 aliphatic carbocycles. The third-order valence-corrected chi connectivity index (χ3v) is 5.92. The van der Waals surface area contributed by atoms with Crippen LogP contribution in [-0.2, 0) is 27.3 Å². The minimum absolute atomic E-state index is 0.00623. The number of aromatic nitrogens is 2. The highest BCUT2D eigenvalue weighted by atomic mass is 32.2. The van der Waals surface area contributed by atoms with Crippen LogP contribution in [0.25, 0.3) is 11.0 Å². The van der Waals surface area contributed by atoms with Crippen LogP contribution < -0.4 is 5.32 Å². The summed E-state index contributed by atoms with van der Waals surface area (Å²) < 4.78 is 7.31. The molecule has 170 valence electrons. The van der Waals surface area contributed by atoms with Crippen molar-refractivity contribution in [2.75, 3.05) is 12.4 Å². The maximum absolute atomic E-state index is 12.2. The number of hydrogen-bond acceptors (Lipinski definition) is 5. The third kappa shape index (κ3) is 7.12. The van der Waals surface area contributed by atoms with Crippen molar-refractivity contribution in [1.82, 2.24) is 14.9 Å². The Kier molecular flexibility index (Phi) is 8.73. The number of para-hydroxylation sites is 2. The second kappa shape index (κ2) is 11.7. The van der Waals surface area contributed by atoms with Gasteiger partial charge in [0.25, 0.3) is 5.91 Å². The van der Waals surface area contributed by atoms with Crippen LogP contribution in [-0.4, -0.2) is 39.8 Å². The zero-order chi connectivity index (χ0) is 22.9. The summed E-state index contributed by atoms with van der Waals surface area (Å²) in [5, 5.41) is 3.68. The lowest BCUT2D eigenvalue weighted by Crippen LogP contribution is -2.36. The van der Waals surface area contributed by atoms with Crippen LogP contribution in [0.1, 0.15) is 32.8 Å². The molecule has 3 aromatic rings. The van der Waals surface area contributed by atoms with Crippen molar-refractivity contribution in [3.63, 3.8) is 0 Å². The first-order chi connectivity index (χ1) is 15.4. The fourth-order valence-electron chi connectivity index (χ4n) is 3.43. The number of nitrogens with zero attached hydrogens (tertiary/aromatic N) is 2. The summed E-state index contributed by atoms with van der Waals surface area (Å²) in [6.45, 7) is 6.81. The maximum Gasteiger partial charge on any atom is 0.316 e. The van der Waals surface area contributed by atoms with Gasteiger partial charge in [0, 0.05) is 12.6 Å². The smallest absolute Gasteiger partial charge is 0.316 e. The number of carbonyl (C=O) groups is 2. The van der Waals surface area contributed by atoms with Crippen LogP contribution in [0.2, 0.25) is 0 Å². The number of amides is 1. The molecule has 0 aliphatic rings. The van der Waals surface area contributed by atoms with Crippen LogP contribution in [0.4, 0.5) is 0 Å². The number of imidazole rings is 1. The first-order valence-electron chi connectivity index (χ1n) is 11.0. The topological polar surface area (TPSA) is 73.2 Å². The molecule has 0 saturated carbocycles. The Hall–Kier alpha value is -2.80. The molecule has 1 aromatic heterocycles. The quantitative estimate of drug-likeness (QED) is 0.343. The molecule has 1 heterocycles. The lowest BCUT2D eigenvalue weighted by Gasteiger charge is -2.14. The van der Waals surface area contributed by atoms with Crippen molar-refractivity contribution in [2.24, 2.45) is 5.92 Å². The van der Waals surface area contributed by atoms with E-state index in [0.29, 0.717) is 5.92 Å². The number of ether oxygens (including phenoxy) is 1. The monoisotopic (exact) mass is 453 g/mol. The number of carbonyl (C=O) groups excluding carboxylic acids is 2. The van der Waals surface area contributed by atoms with Crippen LogP contribution in [0.5, 0.6) is 0 Å². The molecule has 1 unspecified atom stereocenters. The van der Waals surface area contributed by atoms with Gasteiger partial charge < -0.3 is 14.6 Å². The molecule has 32 heavy (non-hydrogen) atoms. The lowest BCUT2D eigenvalue weighted by atomic mass is 10.1. The molecule has 0 bridgehead atoms. The van der Waals surface area contributed by atoms with Gasteiger partial charge in [-0.05, 0) is 43.4 Å². The molecule has 1 amide bonds. The van der Waals surface area contributed by atoms with Gasteiger partial charge in [0.05, 0.1) is 16.8 Å². The van der Waals surface area contributed by atoms with E-state index >= 15 is 0 Å². The molecular weight excluding hydrogens is 422 g/mol. The number of rotatable bonds is 11. The minimum atomic E-state index is -0.426. The van der Waals surface area contributed by atoms with Gasteiger partial charge in [-0.3, -0.25) is 9.59 Å². The first-order valence-corrected chi connectivity index (χ1v) is 12.0. The summed E-state index contributed by atoms with van der Waals surface area (Å²) in [5.74, 6) is -0.147. The number of fused-ring (bicyclic) bond motifs is 1. The molecule has 0 aliphatic heterocycles. The molecule has 3 rings (SSSR count). The Bertz CT molecular complexity index is 1030. The molecule has 0 saturated heterocycles. The molecule has 1 atom stereocenters. The number of benzene rings is 2. The first kappa shape index (κ1) is 23.9. The van der Waals surface area contributed by atoms with Gasteiger partial charge in [0.15, 0.2) is 11.8 Å². The van der Waals surface area contributed by atoms with E-state index < -0.39 is 5.97 Å². The maximum atomic E-state index is 12.2. The zero-order valence-corrected chi connectivity index (χ0v) is 19.7. The Labute approximate surface area is 193 Å². The number of hydrogen-bond donors (Lipinski definition) is 1. The van der Waals surface area contributed by atoms with Crippen molar-refractivity contribution in [2.45, 2.75) is 51.4 Å².